The first-order valence-corrected chi connectivity index (χ1v) is 8.12. The summed E-state index contributed by atoms with van der Waals surface area (Å²) in [6.07, 6.45) is 3.80. The van der Waals surface area contributed by atoms with E-state index in [4.69, 9.17) is 4.74 Å². The van der Waals surface area contributed by atoms with Gasteiger partial charge in [-0.25, -0.2) is 4.63 Å². The fraction of sp³-hybridized carbons (Fsp3) is 0.800. The molecule has 0 N–H and O–H groups in total. The van der Waals surface area contributed by atoms with Crippen LogP contribution in [0.4, 0.5) is 0 Å². The van der Waals surface area contributed by atoms with E-state index in [1.54, 1.807) is 6.92 Å². The van der Waals surface area contributed by atoms with E-state index in [-0.39, 0.29) is 18.4 Å². The lowest BCUT2D eigenvalue weighted by atomic mass is 10.2. The highest BCUT2D eigenvalue weighted by Gasteiger charge is 2.26. The number of rotatable bonds is 4. The number of aryl methyl sites for hydroxylation is 1. The molecule has 1 unspecified atom stereocenters. The highest BCUT2D eigenvalue weighted by molar-refractivity contribution is 5.78. The van der Waals surface area contributed by atoms with Gasteiger partial charge < -0.3 is 14.5 Å². The zero-order chi connectivity index (χ0) is 15.4. The molecule has 0 bridgehead atoms. The number of aromatic nitrogens is 2. The Labute approximate surface area is 130 Å². The van der Waals surface area contributed by atoms with Gasteiger partial charge in [0.05, 0.1) is 12.5 Å². The average molecular weight is 308 g/mol. The van der Waals surface area contributed by atoms with E-state index in [2.05, 4.69) is 19.8 Å². The van der Waals surface area contributed by atoms with E-state index in [1.165, 1.54) is 12.8 Å². The number of ether oxygens (including phenoxy) is 1. The molecule has 7 heteroatoms. The van der Waals surface area contributed by atoms with Gasteiger partial charge in [0.1, 0.15) is 11.4 Å². The molecule has 2 saturated heterocycles. The van der Waals surface area contributed by atoms with Gasteiger partial charge in [0.2, 0.25) is 5.91 Å². The van der Waals surface area contributed by atoms with Crippen LogP contribution in [0.3, 0.4) is 0 Å². The Morgan fingerprint density at radius 3 is 2.77 bits per heavy atom. The third-order valence-corrected chi connectivity index (χ3v) is 4.43. The van der Waals surface area contributed by atoms with Gasteiger partial charge in [-0.3, -0.25) is 4.79 Å². The van der Waals surface area contributed by atoms with Gasteiger partial charge in [0.25, 0.3) is 0 Å². The Bertz CT molecular complexity index is 499. The fourth-order valence-electron chi connectivity index (χ4n) is 3.15. The summed E-state index contributed by atoms with van der Waals surface area (Å²) in [6.45, 7) is 7.18. The molecule has 3 rings (SSSR count). The van der Waals surface area contributed by atoms with Gasteiger partial charge in [-0.15, -0.1) is 0 Å². The quantitative estimate of drug-likeness (QED) is 0.812. The second-order valence-electron chi connectivity index (χ2n) is 6.17. The van der Waals surface area contributed by atoms with Gasteiger partial charge in [-0.2, -0.15) is 0 Å². The summed E-state index contributed by atoms with van der Waals surface area (Å²) in [5.41, 5.74) is 1.32. The van der Waals surface area contributed by atoms with Crippen LogP contribution in [0.15, 0.2) is 4.63 Å². The van der Waals surface area contributed by atoms with E-state index in [0.717, 1.165) is 39.2 Å². The molecule has 1 aromatic rings. The maximum absolute atomic E-state index is 12.5. The van der Waals surface area contributed by atoms with Crippen molar-refractivity contribution in [1.82, 2.24) is 20.1 Å². The Balaban J connectivity index is 1.56. The highest BCUT2D eigenvalue weighted by Crippen LogP contribution is 2.14. The first kappa shape index (κ1) is 15.4. The summed E-state index contributed by atoms with van der Waals surface area (Å²) < 4.78 is 10.6. The SMILES string of the molecule is Cc1nonc1CC(=O)N1CCCOC(CN2CCCC2)C1. The highest BCUT2D eigenvalue weighted by atomic mass is 16.6. The maximum atomic E-state index is 12.5. The van der Waals surface area contributed by atoms with Crippen molar-refractivity contribution in [3.8, 4) is 0 Å². The van der Waals surface area contributed by atoms with Crippen LogP contribution >= 0.6 is 0 Å². The Morgan fingerprint density at radius 2 is 2.05 bits per heavy atom. The van der Waals surface area contributed by atoms with Crippen molar-refractivity contribution in [3.63, 3.8) is 0 Å². The summed E-state index contributed by atoms with van der Waals surface area (Å²) in [4.78, 5) is 16.8. The number of likely N-dealkylation sites (tertiary alicyclic amines) is 1. The molecule has 1 atom stereocenters. The predicted molar refractivity (Wildman–Crippen MR) is 79.4 cm³/mol. The first-order valence-electron chi connectivity index (χ1n) is 8.12. The summed E-state index contributed by atoms with van der Waals surface area (Å²) >= 11 is 0. The Kier molecular flexibility index (Phi) is 5.04. The molecule has 0 spiro atoms. The number of amides is 1. The van der Waals surface area contributed by atoms with Crippen LogP contribution in [0.1, 0.15) is 30.7 Å². The molecule has 0 saturated carbocycles. The van der Waals surface area contributed by atoms with E-state index in [1.807, 2.05) is 4.90 Å². The second-order valence-corrected chi connectivity index (χ2v) is 6.17. The van der Waals surface area contributed by atoms with Crippen LogP contribution in [0, 0.1) is 6.92 Å². The van der Waals surface area contributed by atoms with Crippen molar-refractivity contribution in [2.24, 2.45) is 0 Å². The third kappa shape index (κ3) is 3.84. The molecular weight excluding hydrogens is 284 g/mol. The molecule has 0 radical (unpaired) electrons. The molecule has 1 aromatic heterocycles. The van der Waals surface area contributed by atoms with E-state index in [0.29, 0.717) is 17.9 Å². The Morgan fingerprint density at radius 1 is 1.23 bits per heavy atom. The predicted octanol–water partition coefficient (Wildman–Crippen LogP) is 0.634. The van der Waals surface area contributed by atoms with Crippen LogP contribution < -0.4 is 0 Å². The van der Waals surface area contributed by atoms with Crippen LogP contribution in [0.5, 0.6) is 0 Å². The summed E-state index contributed by atoms with van der Waals surface area (Å²) in [7, 11) is 0. The molecule has 7 nitrogen and oxygen atoms in total. The standard InChI is InChI=1S/C15H24N4O3/c1-12-14(17-22-16-12)9-15(20)19-7-4-8-21-13(11-19)10-18-5-2-3-6-18/h13H,2-11H2,1H3. The van der Waals surface area contributed by atoms with Gasteiger partial charge in [-0.05, 0) is 39.3 Å². The lowest BCUT2D eigenvalue weighted by molar-refractivity contribution is -0.131. The number of hydrogen-bond acceptors (Lipinski definition) is 6. The maximum Gasteiger partial charge on any atom is 0.228 e. The first-order chi connectivity index (χ1) is 10.7. The summed E-state index contributed by atoms with van der Waals surface area (Å²) in [5.74, 6) is 0.0794. The minimum atomic E-state index is 0.0794. The van der Waals surface area contributed by atoms with Crippen molar-refractivity contribution < 1.29 is 14.2 Å². The average Bonchev–Trinajstić information content (AvgIpc) is 3.08. The molecule has 0 aliphatic carbocycles. The fourth-order valence-corrected chi connectivity index (χ4v) is 3.15. The molecule has 2 aliphatic heterocycles. The lowest BCUT2D eigenvalue weighted by Gasteiger charge is -2.26. The largest absolute Gasteiger partial charge is 0.375 e. The summed E-state index contributed by atoms with van der Waals surface area (Å²) in [5, 5.41) is 7.53. The van der Waals surface area contributed by atoms with Crippen LogP contribution in [-0.4, -0.2) is 71.5 Å². The molecule has 122 valence electrons. The molecule has 2 aliphatic rings. The molecule has 3 heterocycles. The van der Waals surface area contributed by atoms with Crippen molar-refractivity contribution >= 4 is 5.91 Å². The molecular formula is C15H24N4O3. The Hall–Kier alpha value is -1.47. The van der Waals surface area contributed by atoms with E-state index in [9.17, 15) is 4.79 Å². The smallest absolute Gasteiger partial charge is 0.228 e. The molecule has 1 amide bonds. The topological polar surface area (TPSA) is 71.7 Å². The molecule has 0 aromatic carbocycles. The monoisotopic (exact) mass is 308 g/mol. The second kappa shape index (κ2) is 7.19. The third-order valence-electron chi connectivity index (χ3n) is 4.43. The molecule has 2 fully saturated rings. The van der Waals surface area contributed by atoms with Crippen molar-refractivity contribution in [2.45, 2.75) is 38.7 Å². The number of nitrogens with zero attached hydrogens (tertiary/aromatic N) is 4. The van der Waals surface area contributed by atoms with Crippen LogP contribution in [-0.2, 0) is 16.0 Å². The normalized spacial score (nSPS) is 23.7. The minimum absolute atomic E-state index is 0.0794. The van der Waals surface area contributed by atoms with Gasteiger partial charge in [0, 0.05) is 26.2 Å². The number of carbonyl (C=O) groups is 1. The van der Waals surface area contributed by atoms with E-state index >= 15 is 0 Å². The lowest BCUT2D eigenvalue weighted by Crippen LogP contribution is -2.42. The van der Waals surface area contributed by atoms with E-state index < -0.39 is 0 Å². The zero-order valence-electron chi connectivity index (χ0n) is 13.2. The summed E-state index contributed by atoms with van der Waals surface area (Å²) in [6, 6.07) is 0. The van der Waals surface area contributed by atoms with Gasteiger partial charge >= 0.3 is 0 Å². The van der Waals surface area contributed by atoms with Crippen LogP contribution in [0.25, 0.3) is 0 Å². The minimum Gasteiger partial charge on any atom is -0.375 e. The van der Waals surface area contributed by atoms with Crippen LogP contribution in [0.2, 0.25) is 0 Å². The van der Waals surface area contributed by atoms with Crippen molar-refractivity contribution in [2.75, 3.05) is 39.3 Å². The number of hydrogen-bond donors (Lipinski definition) is 0. The molecule has 22 heavy (non-hydrogen) atoms. The van der Waals surface area contributed by atoms with Crippen molar-refractivity contribution in [3.05, 3.63) is 11.4 Å². The van der Waals surface area contributed by atoms with Gasteiger partial charge in [-0.1, -0.05) is 10.3 Å². The zero-order valence-corrected chi connectivity index (χ0v) is 13.2. The van der Waals surface area contributed by atoms with Crippen molar-refractivity contribution in [1.29, 1.82) is 0 Å². The van der Waals surface area contributed by atoms with Gasteiger partial charge in [0.15, 0.2) is 0 Å². The number of carbonyl (C=O) groups excluding carboxylic acids is 1.